The third-order valence-electron chi connectivity index (χ3n) is 2.93. The number of amides is 1. The van der Waals surface area contributed by atoms with E-state index in [1.807, 2.05) is 13.8 Å². The fourth-order valence-electron chi connectivity index (χ4n) is 1.80. The predicted molar refractivity (Wildman–Crippen MR) is 71.5 cm³/mol. The molecule has 0 aromatic rings. The van der Waals surface area contributed by atoms with Crippen LogP contribution in [0.15, 0.2) is 0 Å². The molecule has 0 aromatic carbocycles. The van der Waals surface area contributed by atoms with E-state index in [0.717, 1.165) is 0 Å². The fraction of sp³-hybridized carbons (Fsp3) is 0.769. The van der Waals surface area contributed by atoms with Crippen LogP contribution in [0.5, 0.6) is 0 Å². The lowest BCUT2D eigenvalue weighted by Gasteiger charge is -2.20. The van der Waals surface area contributed by atoms with Crippen LogP contribution in [0.1, 0.15) is 40.0 Å². The first-order valence-corrected chi connectivity index (χ1v) is 6.55. The number of hydrogen-bond donors (Lipinski definition) is 3. The summed E-state index contributed by atoms with van der Waals surface area (Å²) >= 11 is 0. The maximum absolute atomic E-state index is 11.7. The topological polar surface area (TPSA) is 109 Å². The second-order valence-corrected chi connectivity index (χ2v) is 5.17. The minimum atomic E-state index is -0.963. The van der Waals surface area contributed by atoms with Gasteiger partial charge in [-0.25, -0.2) is 0 Å². The molecule has 0 aliphatic rings. The lowest BCUT2D eigenvalue weighted by molar-refractivity contribution is -0.142. The Morgan fingerprint density at radius 3 is 2.26 bits per heavy atom. The van der Waals surface area contributed by atoms with Crippen LogP contribution in [0.3, 0.4) is 0 Å². The molecule has 0 saturated carbocycles. The van der Waals surface area contributed by atoms with E-state index in [2.05, 4.69) is 5.32 Å². The highest BCUT2D eigenvalue weighted by molar-refractivity contribution is 5.84. The van der Waals surface area contributed by atoms with Gasteiger partial charge >= 0.3 is 5.97 Å². The Bertz CT molecular complexity index is 318. The molecule has 4 N–H and O–H groups in total. The number of carbonyl (C=O) groups excluding carboxylic acids is 2. The van der Waals surface area contributed by atoms with Gasteiger partial charge in [-0.15, -0.1) is 0 Å². The summed E-state index contributed by atoms with van der Waals surface area (Å²) in [6.45, 7) is 5.62. The Labute approximate surface area is 113 Å². The smallest absolute Gasteiger partial charge is 0.306 e. The Morgan fingerprint density at radius 2 is 1.89 bits per heavy atom. The van der Waals surface area contributed by atoms with Crippen molar-refractivity contribution in [2.45, 2.75) is 52.1 Å². The maximum Gasteiger partial charge on any atom is 0.306 e. The summed E-state index contributed by atoms with van der Waals surface area (Å²) in [6, 6.07) is -1.47. The first-order valence-electron chi connectivity index (χ1n) is 6.55. The lowest BCUT2D eigenvalue weighted by atomic mass is 9.97. The molecule has 1 amide bonds. The van der Waals surface area contributed by atoms with Gasteiger partial charge in [-0.05, 0) is 25.2 Å². The molecule has 0 saturated heterocycles. The molecule has 0 aliphatic carbocycles. The van der Waals surface area contributed by atoms with Crippen molar-refractivity contribution < 1.29 is 19.5 Å². The molecular formula is C13H24N2O4. The lowest BCUT2D eigenvalue weighted by Crippen LogP contribution is -2.47. The highest BCUT2D eigenvalue weighted by Gasteiger charge is 2.24. The fourth-order valence-corrected chi connectivity index (χ4v) is 1.80. The average molecular weight is 272 g/mol. The van der Waals surface area contributed by atoms with Crippen LogP contribution in [0, 0.1) is 11.8 Å². The van der Waals surface area contributed by atoms with Gasteiger partial charge in [0.1, 0.15) is 6.29 Å². The predicted octanol–water partition coefficient (Wildman–Crippen LogP) is 0.544. The molecule has 6 nitrogen and oxygen atoms in total. The van der Waals surface area contributed by atoms with Crippen molar-refractivity contribution >= 4 is 18.2 Å². The summed E-state index contributed by atoms with van der Waals surface area (Å²) in [5.41, 5.74) is 5.70. The van der Waals surface area contributed by atoms with Crippen LogP contribution in [-0.2, 0) is 14.4 Å². The van der Waals surface area contributed by atoms with Gasteiger partial charge in [0, 0.05) is 0 Å². The molecule has 0 bridgehead atoms. The molecule has 19 heavy (non-hydrogen) atoms. The molecule has 0 heterocycles. The van der Waals surface area contributed by atoms with Crippen molar-refractivity contribution in [2.75, 3.05) is 0 Å². The van der Waals surface area contributed by atoms with E-state index >= 15 is 0 Å². The van der Waals surface area contributed by atoms with E-state index in [1.54, 1.807) is 6.92 Å². The van der Waals surface area contributed by atoms with Gasteiger partial charge in [0.2, 0.25) is 5.91 Å². The van der Waals surface area contributed by atoms with E-state index < -0.39 is 29.9 Å². The van der Waals surface area contributed by atoms with Gasteiger partial charge in [-0.2, -0.15) is 0 Å². The molecule has 1 unspecified atom stereocenters. The number of nitrogens with one attached hydrogen (secondary N) is 1. The highest BCUT2D eigenvalue weighted by atomic mass is 16.4. The van der Waals surface area contributed by atoms with E-state index in [-0.39, 0.29) is 12.3 Å². The number of hydrogen-bond acceptors (Lipinski definition) is 4. The average Bonchev–Trinajstić information content (AvgIpc) is 2.32. The van der Waals surface area contributed by atoms with Gasteiger partial charge in [0.15, 0.2) is 0 Å². The van der Waals surface area contributed by atoms with Crippen molar-refractivity contribution in [2.24, 2.45) is 17.6 Å². The normalized spacial score (nSPS) is 15.6. The van der Waals surface area contributed by atoms with Crippen molar-refractivity contribution in [1.29, 1.82) is 0 Å². The van der Waals surface area contributed by atoms with Gasteiger partial charge in [0.05, 0.1) is 18.0 Å². The minimum absolute atomic E-state index is 0.0927. The van der Waals surface area contributed by atoms with Crippen LogP contribution in [-0.4, -0.2) is 35.4 Å². The van der Waals surface area contributed by atoms with Crippen LogP contribution in [0.25, 0.3) is 0 Å². The summed E-state index contributed by atoms with van der Waals surface area (Å²) in [5, 5.41) is 11.4. The third-order valence-corrected chi connectivity index (χ3v) is 2.93. The zero-order valence-corrected chi connectivity index (χ0v) is 11.8. The van der Waals surface area contributed by atoms with Gasteiger partial charge < -0.3 is 21.0 Å². The molecule has 0 spiro atoms. The standard InChI is InChI=1S/C13H24N2O4/c1-4-9(13(18)19)6-10(7-16)15-12(17)11(14)5-8(2)3/h7-11H,4-6,14H2,1-3H3,(H,15,17)(H,18,19)/t9?,10-,11-/m0/s1. The summed E-state index contributed by atoms with van der Waals surface area (Å²) in [7, 11) is 0. The summed E-state index contributed by atoms with van der Waals surface area (Å²) in [6.07, 6.45) is 1.59. The molecule has 110 valence electrons. The number of carboxylic acid groups (broad SMARTS) is 1. The first kappa shape index (κ1) is 17.6. The SMILES string of the molecule is CCC(C[C@@H](C=O)NC(=O)[C@@H](N)CC(C)C)C(=O)O. The number of nitrogens with two attached hydrogens (primary N) is 1. The maximum atomic E-state index is 11.7. The van der Waals surface area contributed by atoms with E-state index in [1.165, 1.54) is 0 Å². The number of rotatable bonds is 9. The number of aliphatic carboxylic acids is 1. The monoisotopic (exact) mass is 272 g/mol. The molecule has 6 heteroatoms. The summed E-state index contributed by atoms with van der Waals surface area (Å²) in [5.74, 6) is -1.74. The third kappa shape index (κ3) is 6.91. The van der Waals surface area contributed by atoms with Gasteiger partial charge in [-0.1, -0.05) is 20.8 Å². The number of carbonyl (C=O) groups is 3. The molecule has 0 radical (unpaired) electrons. The Balaban J connectivity index is 4.43. The van der Waals surface area contributed by atoms with Crippen LogP contribution >= 0.6 is 0 Å². The van der Waals surface area contributed by atoms with E-state index in [9.17, 15) is 14.4 Å². The Kier molecular flexibility index (Phi) is 7.98. The van der Waals surface area contributed by atoms with E-state index in [0.29, 0.717) is 19.1 Å². The zero-order valence-electron chi connectivity index (χ0n) is 11.8. The van der Waals surface area contributed by atoms with Crippen molar-refractivity contribution in [3.63, 3.8) is 0 Å². The van der Waals surface area contributed by atoms with Crippen molar-refractivity contribution in [1.82, 2.24) is 5.32 Å². The first-order chi connectivity index (χ1) is 8.81. The number of carboxylic acids is 1. The molecule has 0 aromatic heterocycles. The second kappa shape index (κ2) is 8.63. The number of aldehydes is 1. The van der Waals surface area contributed by atoms with Crippen molar-refractivity contribution in [3.8, 4) is 0 Å². The molecule has 3 atom stereocenters. The Hall–Kier alpha value is -1.43. The Morgan fingerprint density at radius 1 is 1.32 bits per heavy atom. The van der Waals surface area contributed by atoms with Gasteiger partial charge in [0.25, 0.3) is 0 Å². The quantitative estimate of drug-likeness (QED) is 0.531. The molecule has 0 fully saturated rings. The summed E-state index contributed by atoms with van der Waals surface area (Å²) in [4.78, 5) is 33.5. The minimum Gasteiger partial charge on any atom is -0.481 e. The van der Waals surface area contributed by atoms with Crippen LogP contribution in [0.2, 0.25) is 0 Å². The van der Waals surface area contributed by atoms with Crippen molar-refractivity contribution in [3.05, 3.63) is 0 Å². The van der Waals surface area contributed by atoms with Crippen LogP contribution < -0.4 is 11.1 Å². The molecular weight excluding hydrogens is 248 g/mol. The molecule has 0 rings (SSSR count). The summed E-state index contributed by atoms with van der Waals surface area (Å²) < 4.78 is 0. The largest absolute Gasteiger partial charge is 0.481 e. The highest BCUT2D eigenvalue weighted by Crippen LogP contribution is 2.11. The van der Waals surface area contributed by atoms with Crippen LogP contribution in [0.4, 0.5) is 0 Å². The van der Waals surface area contributed by atoms with E-state index in [4.69, 9.17) is 10.8 Å². The molecule has 0 aliphatic heterocycles. The van der Waals surface area contributed by atoms with Gasteiger partial charge in [-0.3, -0.25) is 9.59 Å². The zero-order chi connectivity index (χ0) is 15.0. The second-order valence-electron chi connectivity index (χ2n) is 5.17.